The Hall–Kier alpha value is -2.43. The number of hydrogen-bond acceptors (Lipinski definition) is 7. The van der Waals surface area contributed by atoms with Crippen molar-refractivity contribution in [2.75, 3.05) is 20.8 Å². The lowest BCUT2D eigenvalue weighted by Crippen LogP contribution is -2.29. The van der Waals surface area contributed by atoms with Crippen LogP contribution in [-0.4, -0.2) is 44.7 Å². The van der Waals surface area contributed by atoms with E-state index in [1.165, 1.54) is 0 Å². The van der Waals surface area contributed by atoms with Gasteiger partial charge in [0, 0.05) is 20.1 Å². The van der Waals surface area contributed by atoms with Crippen molar-refractivity contribution < 1.29 is 28.5 Å². The number of nitrogens with zero attached hydrogens (tertiary/aromatic N) is 1. The van der Waals surface area contributed by atoms with Gasteiger partial charge < -0.3 is 18.9 Å². The van der Waals surface area contributed by atoms with Crippen molar-refractivity contribution in [2.45, 2.75) is 65.3 Å². The molecule has 0 aromatic heterocycles. The van der Waals surface area contributed by atoms with Gasteiger partial charge >= 0.3 is 11.9 Å². The first-order valence-corrected chi connectivity index (χ1v) is 10.6. The molecule has 0 spiro atoms. The van der Waals surface area contributed by atoms with Gasteiger partial charge in [-0.3, -0.25) is 4.79 Å². The Bertz CT molecular complexity index is 728. The maximum Gasteiger partial charge on any atom is 0.338 e. The molecule has 0 saturated carbocycles. The van der Waals surface area contributed by atoms with Gasteiger partial charge in [-0.15, -0.1) is 0 Å². The quantitative estimate of drug-likeness (QED) is 0.358. The fraction of sp³-hybridized carbons (Fsp3) is 0.625. The highest BCUT2D eigenvalue weighted by Gasteiger charge is 2.29. The number of methoxy groups -OCH3 is 2. The number of esters is 2. The largest absolute Gasteiger partial charge is 0.465 e. The van der Waals surface area contributed by atoms with Crippen molar-refractivity contribution in [3.05, 3.63) is 35.4 Å². The van der Waals surface area contributed by atoms with Gasteiger partial charge in [0.05, 0.1) is 18.2 Å². The van der Waals surface area contributed by atoms with Gasteiger partial charge in [0.15, 0.2) is 6.29 Å². The second-order valence-corrected chi connectivity index (χ2v) is 8.36. The molecule has 0 aliphatic rings. The number of hydrogen-bond donors (Lipinski definition) is 0. The molecule has 1 rings (SSSR count). The van der Waals surface area contributed by atoms with Gasteiger partial charge in [0.1, 0.15) is 11.5 Å². The smallest absolute Gasteiger partial charge is 0.338 e. The second-order valence-electron chi connectivity index (χ2n) is 8.36. The summed E-state index contributed by atoms with van der Waals surface area (Å²) in [4.78, 5) is 24.1. The molecule has 7 nitrogen and oxygen atoms in total. The Morgan fingerprint density at radius 2 is 1.71 bits per heavy atom. The average molecular weight is 434 g/mol. The van der Waals surface area contributed by atoms with Crippen molar-refractivity contribution in [2.24, 2.45) is 11.8 Å². The molecule has 172 valence electrons. The fourth-order valence-corrected chi connectivity index (χ4v) is 3.31. The van der Waals surface area contributed by atoms with Crippen molar-refractivity contribution >= 4 is 11.9 Å². The summed E-state index contributed by atoms with van der Waals surface area (Å²) in [6.07, 6.45) is 2.08. The molecule has 0 N–H and O–H groups in total. The third kappa shape index (κ3) is 9.50. The average Bonchev–Trinajstić information content (AvgIpc) is 2.71. The minimum absolute atomic E-state index is 0.134. The Balaban J connectivity index is 2.71. The van der Waals surface area contributed by atoms with Gasteiger partial charge in [-0.2, -0.15) is 5.26 Å². The molecule has 31 heavy (non-hydrogen) atoms. The number of benzene rings is 1. The van der Waals surface area contributed by atoms with Crippen molar-refractivity contribution in [3.8, 4) is 6.07 Å². The number of rotatable bonds is 12. The van der Waals surface area contributed by atoms with Crippen molar-refractivity contribution in [3.63, 3.8) is 0 Å². The van der Waals surface area contributed by atoms with Crippen LogP contribution in [-0.2, 0) is 30.2 Å². The third-order valence-electron chi connectivity index (χ3n) is 4.74. The maximum atomic E-state index is 12.1. The van der Waals surface area contributed by atoms with Gasteiger partial charge in [-0.05, 0) is 71.1 Å². The first-order valence-electron chi connectivity index (χ1n) is 10.6. The molecule has 1 aromatic carbocycles. The van der Waals surface area contributed by atoms with Crippen LogP contribution in [0.15, 0.2) is 24.3 Å². The predicted molar refractivity (Wildman–Crippen MR) is 116 cm³/mol. The minimum atomic E-state index is -0.856. The summed E-state index contributed by atoms with van der Waals surface area (Å²) in [6, 6.07) is 9.38. The minimum Gasteiger partial charge on any atom is -0.465 e. The molecule has 0 aliphatic heterocycles. The van der Waals surface area contributed by atoms with Gasteiger partial charge in [0.25, 0.3) is 0 Å². The molecule has 7 heteroatoms. The molecular formula is C24H35NO6. The highest BCUT2D eigenvalue weighted by atomic mass is 16.7. The zero-order chi connectivity index (χ0) is 23.4. The summed E-state index contributed by atoms with van der Waals surface area (Å²) >= 11 is 0. The molecule has 0 radical (unpaired) electrons. The van der Waals surface area contributed by atoms with Crippen LogP contribution in [0, 0.1) is 23.2 Å². The number of carbonyl (C=O) groups is 2. The van der Waals surface area contributed by atoms with E-state index in [-0.39, 0.29) is 18.5 Å². The number of aryl methyl sites for hydroxylation is 1. The third-order valence-corrected chi connectivity index (χ3v) is 4.74. The highest BCUT2D eigenvalue weighted by Crippen LogP contribution is 2.25. The Morgan fingerprint density at radius 3 is 2.19 bits per heavy atom. The monoisotopic (exact) mass is 433 g/mol. The van der Waals surface area contributed by atoms with Gasteiger partial charge in [-0.1, -0.05) is 12.1 Å². The number of nitriles is 1. The molecule has 0 heterocycles. The van der Waals surface area contributed by atoms with Crippen LogP contribution in [0.4, 0.5) is 0 Å². The van der Waals surface area contributed by atoms with Crippen LogP contribution < -0.4 is 0 Å². The van der Waals surface area contributed by atoms with E-state index in [9.17, 15) is 14.9 Å². The summed E-state index contributed by atoms with van der Waals surface area (Å²) in [6.45, 7) is 7.45. The second kappa shape index (κ2) is 13.1. The van der Waals surface area contributed by atoms with Crippen LogP contribution in [0.5, 0.6) is 0 Å². The molecule has 0 fully saturated rings. The lowest BCUT2D eigenvalue weighted by Gasteiger charge is -2.26. The zero-order valence-electron chi connectivity index (χ0n) is 19.5. The first-order chi connectivity index (χ1) is 14.6. The van der Waals surface area contributed by atoms with Crippen LogP contribution in [0.2, 0.25) is 0 Å². The van der Waals surface area contributed by atoms with Crippen LogP contribution in [0.25, 0.3) is 0 Å². The molecule has 0 bridgehead atoms. The van der Waals surface area contributed by atoms with Crippen LogP contribution in [0.1, 0.15) is 62.9 Å². The Kier molecular flexibility index (Phi) is 11.2. The SMILES string of the molecule is CCOC(=O)C(C#N)CC(CCCc1ccc(C(=O)OC(C)(C)C)cc1)C(OC)OC. The normalized spacial score (nSPS) is 13.4. The first kappa shape index (κ1) is 26.6. The highest BCUT2D eigenvalue weighted by molar-refractivity contribution is 5.89. The van der Waals surface area contributed by atoms with E-state index in [0.29, 0.717) is 18.4 Å². The lowest BCUT2D eigenvalue weighted by molar-refractivity contribution is -0.154. The van der Waals surface area contributed by atoms with Crippen molar-refractivity contribution in [1.82, 2.24) is 0 Å². The van der Waals surface area contributed by atoms with Crippen molar-refractivity contribution in [1.29, 1.82) is 5.26 Å². The van der Waals surface area contributed by atoms with E-state index >= 15 is 0 Å². The topological polar surface area (TPSA) is 94.9 Å². The number of carbonyl (C=O) groups excluding carboxylic acids is 2. The molecule has 0 aliphatic carbocycles. The van der Waals surface area contributed by atoms with E-state index in [4.69, 9.17) is 18.9 Å². The predicted octanol–water partition coefficient (Wildman–Crippen LogP) is 4.29. The molecule has 0 amide bonds. The zero-order valence-corrected chi connectivity index (χ0v) is 19.5. The Labute approximate surface area is 185 Å². The molecule has 1 aromatic rings. The van der Waals surface area contributed by atoms with E-state index in [0.717, 1.165) is 18.4 Å². The van der Waals surface area contributed by atoms with E-state index in [1.807, 2.05) is 39.0 Å². The van der Waals surface area contributed by atoms with E-state index in [2.05, 4.69) is 0 Å². The number of ether oxygens (including phenoxy) is 4. The van der Waals surface area contributed by atoms with E-state index < -0.39 is 23.8 Å². The summed E-state index contributed by atoms with van der Waals surface area (Å²) in [5.41, 5.74) is 1.07. The Morgan fingerprint density at radius 1 is 1.10 bits per heavy atom. The molecule has 0 saturated heterocycles. The summed E-state index contributed by atoms with van der Waals surface area (Å²) in [5, 5.41) is 9.37. The van der Waals surface area contributed by atoms with Gasteiger partial charge in [-0.25, -0.2) is 4.79 Å². The van der Waals surface area contributed by atoms with E-state index in [1.54, 1.807) is 33.3 Å². The molecule has 2 unspecified atom stereocenters. The molecular weight excluding hydrogens is 398 g/mol. The van der Waals surface area contributed by atoms with Gasteiger partial charge in [0.2, 0.25) is 0 Å². The summed E-state index contributed by atoms with van der Waals surface area (Å²) in [5.74, 6) is -1.85. The standard InChI is InChI=1S/C24H35NO6/c1-7-30-21(26)20(16-25)15-19(23(28-5)29-6)10-8-9-17-11-13-18(14-12-17)22(27)31-24(2,3)4/h11-14,19-20,23H,7-10,15H2,1-6H3. The van der Waals surface area contributed by atoms with Crippen LogP contribution >= 0.6 is 0 Å². The summed E-state index contributed by atoms with van der Waals surface area (Å²) in [7, 11) is 3.09. The fourth-order valence-electron chi connectivity index (χ4n) is 3.31. The summed E-state index contributed by atoms with van der Waals surface area (Å²) < 4.78 is 21.2. The van der Waals surface area contributed by atoms with Crippen LogP contribution in [0.3, 0.4) is 0 Å². The molecule has 2 atom stereocenters. The maximum absolute atomic E-state index is 12.1. The lowest BCUT2D eigenvalue weighted by atomic mass is 9.89.